The lowest BCUT2D eigenvalue weighted by atomic mass is 9.98. The molecule has 6 heteroatoms. The van der Waals surface area contributed by atoms with Crippen LogP contribution in [0.25, 0.3) is 0 Å². The Morgan fingerprint density at radius 3 is 1.57 bits per heavy atom. The number of hydrogen-bond acceptors (Lipinski definition) is 4. The van der Waals surface area contributed by atoms with Crippen molar-refractivity contribution in [2.24, 2.45) is 0 Å². The zero-order valence-electron chi connectivity index (χ0n) is 27.9. The summed E-state index contributed by atoms with van der Waals surface area (Å²) in [5.74, 6) is 0.153. The fraction of sp³-hybridized carbons (Fsp3) is 0.611. The predicted octanol–water partition coefficient (Wildman–Crippen LogP) is 7.88. The van der Waals surface area contributed by atoms with E-state index in [4.69, 9.17) is 0 Å². The molecule has 2 aromatic carbocycles. The van der Waals surface area contributed by atoms with Crippen molar-refractivity contribution in [2.45, 2.75) is 107 Å². The van der Waals surface area contributed by atoms with E-state index in [0.29, 0.717) is 13.1 Å². The number of nitrogens with zero attached hydrogens (tertiary/aromatic N) is 2. The third-order valence-corrected chi connectivity index (χ3v) is 8.58. The summed E-state index contributed by atoms with van der Waals surface area (Å²) in [6.45, 7) is 21.5. The molecule has 2 aromatic rings. The van der Waals surface area contributed by atoms with Gasteiger partial charge in [0.2, 0.25) is 11.8 Å². The molecule has 2 amide bonds. The van der Waals surface area contributed by atoms with Gasteiger partial charge in [0.25, 0.3) is 0 Å². The summed E-state index contributed by atoms with van der Waals surface area (Å²) in [7, 11) is 0. The van der Waals surface area contributed by atoms with Crippen molar-refractivity contribution in [1.29, 1.82) is 0 Å². The standard InChI is InChI=1S/C36H58N4O2/c1-9-11-21-40(26-34(42)37-35-27(3)19-18-20-28(35)4)23-17-15-13-12-14-16-22-39(10-2)25-33(41)38-36-31(7)29(5)24-30(6)32(36)8/h18-20,24H,9-17,21-23,25-26H2,1-8H3,(H,37,42)(H,38,41). The molecule has 0 saturated heterocycles. The fourth-order valence-corrected chi connectivity index (χ4v) is 5.56. The number of benzene rings is 2. The zero-order valence-corrected chi connectivity index (χ0v) is 27.9. The second kappa shape index (κ2) is 18.8. The predicted molar refractivity (Wildman–Crippen MR) is 180 cm³/mol. The van der Waals surface area contributed by atoms with Gasteiger partial charge in [0.05, 0.1) is 13.1 Å². The Labute approximate surface area is 256 Å². The number of amides is 2. The Bertz CT molecular complexity index is 1100. The first-order valence-electron chi connectivity index (χ1n) is 16.2. The molecule has 2 N–H and O–H groups in total. The lowest BCUT2D eigenvalue weighted by Gasteiger charge is -2.22. The topological polar surface area (TPSA) is 64.7 Å². The molecule has 0 aromatic heterocycles. The largest absolute Gasteiger partial charge is 0.324 e. The van der Waals surface area contributed by atoms with Crippen LogP contribution in [-0.4, -0.2) is 60.9 Å². The molecule has 6 nitrogen and oxygen atoms in total. The number of likely N-dealkylation sites (N-methyl/N-ethyl adjacent to an activating group) is 1. The van der Waals surface area contributed by atoms with Crippen molar-refractivity contribution in [3.8, 4) is 0 Å². The Kier molecular flexibility index (Phi) is 15.9. The van der Waals surface area contributed by atoms with E-state index in [9.17, 15) is 9.59 Å². The average Bonchev–Trinajstić information content (AvgIpc) is 2.95. The number of aryl methyl sites for hydroxylation is 4. The number of unbranched alkanes of at least 4 members (excludes halogenated alkanes) is 6. The van der Waals surface area contributed by atoms with Gasteiger partial charge in [-0.1, -0.05) is 70.2 Å². The number of carbonyl (C=O) groups excluding carboxylic acids is 2. The molecule has 0 atom stereocenters. The Morgan fingerprint density at radius 2 is 1.05 bits per heavy atom. The second-order valence-electron chi connectivity index (χ2n) is 12.1. The molecule has 42 heavy (non-hydrogen) atoms. The number of carbonyl (C=O) groups is 2. The van der Waals surface area contributed by atoms with E-state index >= 15 is 0 Å². The van der Waals surface area contributed by atoms with Gasteiger partial charge in [0, 0.05) is 11.4 Å². The number of nitrogens with one attached hydrogen (secondary N) is 2. The van der Waals surface area contributed by atoms with Crippen LogP contribution in [0.1, 0.15) is 98.6 Å². The first-order valence-corrected chi connectivity index (χ1v) is 16.2. The molecule has 0 heterocycles. The van der Waals surface area contributed by atoms with Crippen molar-refractivity contribution in [1.82, 2.24) is 9.80 Å². The van der Waals surface area contributed by atoms with Crippen molar-refractivity contribution in [2.75, 3.05) is 49.9 Å². The highest BCUT2D eigenvalue weighted by Gasteiger charge is 2.15. The Balaban J connectivity index is 1.67. The van der Waals surface area contributed by atoms with Crippen LogP contribution in [-0.2, 0) is 9.59 Å². The lowest BCUT2D eigenvalue weighted by Crippen LogP contribution is -2.35. The molecular formula is C36H58N4O2. The summed E-state index contributed by atoms with van der Waals surface area (Å²) in [4.78, 5) is 30.2. The minimum atomic E-state index is 0.0726. The van der Waals surface area contributed by atoms with Crippen molar-refractivity contribution in [3.63, 3.8) is 0 Å². The maximum Gasteiger partial charge on any atom is 0.238 e. The first-order chi connectivity index (χ1) is 20.1. The molecule has 0 radical (unpaired) electrons. The highest BCUT2D eigenvalue weighted by Crippen LogP contribution is 2.26. The number of para-hydroxylation sites is 1. The van der Waals surface area contributed by atoms with Crippen LogP contribution in [0.3, 0.4) is 0 Å². The summed E-state index contributed by atoms with van der Waals surface area (Å²) in [5, 5.41) is 6.34. The average molecular weight is 579 g/mol. The van der Waals surface area contributed by atoms with Gasteiger partial charge in [-0.05, 0) is 120 Å². The van der Waals surface area contributed by atoms with Crippen LogP contribution in [0.4, 0.5) is 11.4 Å². The smallest absolute Gasteiger partial charge is 0.238 e. The van der Waals surface area contributed by atoms with Crippen molar-refractivity contribution >= 4 is 23.2 Å². The SMILES string of the molecule is CCCCN(CCCCCCCCN(CC)CC(=O)Nc1c(C)c(C)cc(C)c1C)CC(=O)Nc1c(C)cccc1C. The van der Waals surface area contributed by atoms with Crippen LogP contribution in [0.2, 0.25) is 0 Å². The van der Waals surface area contributed by atoms with Gasteiger partial charge in [-0.15, -0.1) is 0 Å². The molecule has 0 fully saturated rings. The van der Waals surface area contributed by atoms with E-state index in [2.05, 4.69) is 68.0 Å². The third kappa shape index (κ3) is 11.9. The lowest BCUT2D eigenvalue weighted by molar-refractivity contribution is -0.118. The monoisotopic (exact) mass is 578 g/mol. The Hall–Kier alpha value is -2.70. The highest BCUT2D eigenvalue weighted by molar-refractivity contribution is 5.94. The third-order valence-electron chi connectivity index (χ3n) is 8.58. The number of anilines is 2. The van der Waals surface area contributed by atoms with Crippen LogP contribution in [0.5, 0.6) is 0 Å². The fourth-order valence-electron chi connectivity index (χ4n) is 5.56. The second-order valence-corrected chi connectivity index (χ2v) is 12.1. The van der Waals surface area contributed by atoms with E-state index in [1.807, 2.05) is 32.0 Å². The maximum absolute atomic E-state index is 12.8. The molecule has 0 aliphatic carbocycles. The summed E-state index contributed by atoms with van der Waals surface area (Å²) in [6, 6.07) is 8.31. The maximum atomic E-state index is 12.8. The molecule has 0 unspecified atom stereocenters. The highest BCUT2D eigenvalue weighted by atomic mass is 16.2. The molecule has 0 aliphatic rings. The molecule has 0 spiro atoms. The van der Waals surface area contributed by atoms with Gasteiger partial charge in [0.15, 0.2) is 0 Å². The molecule has 0 saturated carbocycles. The Morgan fingerprint density at radius 1 is 0.595 bits per heavy atom. The van der Waals surface area contributed by atoms with Crippen molar-refractivity contribution < 1.29 is 9.59 Å². The minimum Gasteiger partial charge on any atom is -0.324 e. The van der Waals surface area contributed by atoms with E-state index in [0.717, 1.165) is 85.5 Å². The van der Waals surface area contributed by atoms with Crippen LogP contribution >= 0.6 is 0 Å². The van der Waals surface area contributed by atoms with Gasteiger partial charge in [-0.3, -0.25) is 19.4 Å². The van der Waals surface area contributed by atoms with Crippen LogP contribution in [0.15, 0.2) is 24.3 Å². The summed E-state index contributed by atoms with van der Waals surface area (Å²) in [5.41, 5.74) is 8.89. The van der Waals surface area contributed by atoms with E-state index < -0.39 is 0 Å². The first kappa shape index (κ1) is 35.5. The molecule has 0 bridgehead atoms. The molecule has 234 valence electrons. The zero-order chi connectivity index (χ0) is 31.1. The molecule has 2 rings (SSSR count). The minimum absolute atomic E-state index is 0.0726. The van der Waals surface area contributed by atoms with E-state index in [1.54, 1.807) is 0 Å². The van der Waals surface area contributed by atoms with Gasteiger partial charge >= 0.3 is 0 Å². The summed E-state index contributed by atoms with van der Waals surface area (Å²) >= 11 is 0. The van der Waals surface area contributed by atoms with Gasteiger partial charge in [-0.2, -0.15) is 0 Å². The van der Waals surface area contributed by atoms with Gasteiger partial charge < -0.3 is 10.6 Å². The van der Waals surface area contributed by atoms with E-state index in [-0.39, 0.29) is 11.8 Å². The normalized spacial score (nSPS) is 11.4. The van der Waals surface area contributed by atoms with Crippen LogP contribution < -0.4 is 10.6 Å². The summed E-state index contributed by atoms with van der Waals surface area (Å²) in [6.07, 6.45) is 9.30. The van der Waals surface area contributed by atoms with Gasteiger partial charge in [-0.25, -0.2) is 0 Å². The van der Waals surface area contributed by atoms with Crippen LogP contribution in [0, 0.1) is 41.5 Å². The van der Waals surface area contributed by atoms with Gasteiger partial charge in [0.1, 0.15) is 0 Å². The summed E-state index contributed by atoms with van der Waals surface area (Å²) < 4.78 is 0. The molecule has 0 aliphatic heterocycles. The number of hydrogen-bond donors (Lipinski definition) is 2. The quantitative estimate of drug-likeness (QED) is 0.166. The number of rotatable bonds is 19. The van der Waals surface area contributed by atoms with Crippen molar-refractivity contribution in [3.05, 3.63) is 57.6 Å². The van der Waals surface area contributed by atoms with E-state index in [1.165, 1.54) is 36.8 Å². The molecular weight excluding hydrogens is 520 g/mol.